The third kappa shape index (κ3) is 2.41. The largest absolute Gasteiger partial charge is 0.371 e. The topological polar surface area (TPSA) is 21.3 Å². The Bertz CT molecular complexity index is 234. The molecule has 1 N–H and O–H groups in total. The Labute approximate surface area is 104 Å². The van der Waals surface area contributed by atoms with E-state index in [1.54, 1.807) is 0 Å². The number of thioether (sulfide) groups is 1. The van der Waals surface area contributed by atoms with E-state index in [9.17, 15) is 0 Å². The lowest BCUT2D eigenvalue weighted by Crippen LogP contribution is -2.60. The highest BCUT2D eigenvalue weighted by molar-refractivity contribution is 8.00. The van der Waals surface area contributed by atoms with E-state index in [4.69, 9.17) is 4.74 Å². The molecule has 3 atom stereocenters. The van der Waals surface area contributed by atoms with Crippen molar-refractivity contribution in [3.05, 3.63) is 0 Å². The van der Waals surface area contributed by atoms with Crippen LogP contribution in [0.25, 0.3) is 0 Å². The van der Waals surface area contributed by atoms with Crippen LogP contribution in [0.1, 0.15) is 40.0 Å². The van der Waals surface area contributed by atoms with Crippen molar-refractivity contribution in [1.82, 2.24) is 5.32 Å². The second-order valence-corrected chi connectivity index (χ2v) is 6.99. The second kappa shape index (κ2) is 5.28. The predicted octanol–water partition coefficient (Wildman–Crippen LogP) is 2.68. The smallest absolute Gasteiger partial charge is 0.0958 e. The summed E-state index contributed by atoms with van der Waals surface area (Å²) in [6.07, 6.45) is 3.80. The van der Waals surface area contributed by atoms with Gasteiger partial charge in [0.15, 0.2) is 0 Å². The monoisotopic (exact) mass is 243 g/mol. The van der Waals surface area contributed by atoms with Gasteiger partial charge in [-0.25, -0.2) is 0 Å². The van der Waals surface area contributed by atoms with Crippen molar-refractivity contribution in [2.45, 2.75) is 56.9 Å². The summed E-state index contributed by atoms with van der Waals surface area (Å²) >= 11 is 2.08. The molecule has 94 valence electrons. The number of morpholine rings is 1. The van der Waals surface area contributed by atoms with Crippen molar-refractivity contribution >= 4 is 11.8 Å². The third-order valence-corrected chi connectivity index (χ3v) is 5.37. The van der Waals surface area contributed by atoms with Crippen LogP contribution in [-0.2, 0) is 4.74 Å². The van der Waals surface area contributed by atoms with Gasteiger partial charge < -0.3 is 10.1 Å². The molecule has 2 aliphatic rings. The summed E-state index contributed by atoms with van der Waals surface area (Å²) in [4.78, 5) is 0. The Morgan fingerprint density at radius 2 is 2.31 bits per heavy atom. The molecular formula is C13H25NOS. The molecule has 2 rings (SSSR count). The Morgan fingerprint density at radius 3 is 2.94 bits per heavy atom. The molecule has 1 spiro atoms. The highest BCUT2D eigenvalue weighted by Gasteiger charge is 2.49. The van der Waals surface area contributed by atoms with E-state index in [0.717, 1.165) is 19.1 Å². The van der Waals surface area contributed by atoms with Gasteiger partial charge in [-0.05, 0) is 30.9 Å². The number of rotatable bonds is 3. The molecule has 0 bridgehead atoms. The van der Waals surface area contributed by atoms with Crippen LogP contribution in [0.5, 0.6) is 0 Å². The highest BCUT2D eigenvalue weighted by atomic mass is 32.2. The van der Waals surface area contributed by atoms with E-state index in [-0.39, 0.29) is 5.60 Å². The Morgan fingerprint density at radius 1 is 1.50 bits per heavy atom. The van der Waals surface area contributed by atoms with Crippen LogP contribution in [0.3, 0.4) is 0 Å². The molecule has 2 aliphatic heterocycles. The van der Waals surface area contributed by atoms with Gasteiger partial charge in [0.05, 0.1) is 12.2 Å². The maximum absolute atomic E-state index is 6.20. The third-order valence-electron chi connectivity index (χ3n) is 4.03. The second-order valence-electron chi connectivity index (χ2n) is 5.54. The zero-order chi connectivity index (χ0) is 11.6. The van der Waals surface area contributed by atoms with Crippen molar-refractivity contribution in [3.8, 4) is 0 Å². The molecule has 0 aliphatic carbocycles. The lowest BCUT2D eigenvalue weighted by Gasteiger charge is -2.45. The fraction of sp³-hybridized carbons (Fsp3) is 1.00. The van der Waals surface area contributed by atoms with Gasteiger partial charge in [0.2, 0.25) is 0 Å². The van der Waals surface area contributed by atoms with Crippen molar-refractivity contribution in [2.75, 3.05) is 18.9 Å². The molecule has 0 saturated carbocycles. The minimum absolute atomic E-state index is 0.137. The summed E-state index contributed by atoms with van der Waals surface area (Å²) < 4.78 is 6.20. The summed E-state index contributed by atoms with van der Waals surface area (Å²) in [6, 6.07) is 0.577. The fourth-order valence-corrected chi connectivity index (χ4v) is 4.40. The van der Waals surface area contributed by atoms with Gasteiger partial charge in [-0.15, -0.1) is 0 Å². The van der Waals surface area contributed by atoms with E-state index in [2.05, 4.69) is 37.8 Å². The lowest BCUT2D eigenvalue weighted by atomic mass is 9.83. The Kier molecular flexibility index (Phi) is 4.20. The Hall–Kier alpha value is 0.270. The summed E-state index contributed by atoms with van der Waals surface area (Å²) in [5.41, 5.74) is 0.137. The molecule has 2 heterocycles. The van der Waals surface area contributed by atoms with Crippen LogP contribution >= 0.6 is 11.8 Å². The zero-order valence-electron chi connectivity index (χ0n) is 10.8. The average molecular weight is 243 g/mol. The van der Waals surface area contributed by atoms with Crippen molar-refractivity contribution in [3.63, 3.8) is 0 Å². The van der Waals surface area contributed by atoms with E-state index >= 15 is 0 Å². The maximum Gasteiger partial charge on any atom is 0.0958 e. The minimum atomic E-state index is 0.137. The number of nitrogens with one attached hydrogen (secondary N) is 1. The first-order valence-corrected chi connectivity index (χ1v) is 7.69. The molecule has 3 unspecified atom stereocenters. The van der Waals surface area contributed by atoms with Gasteiger partial charge in [0.1, 0.15) is 0 Å². The van der Waals surface area contributed by atoms with Crippen LogP contribution in [-0.4, -0.2) is 35.8 Å². The van der Waals surface area contributed by atoms with Crippen LogP contribution in [0, 0.1) is 5.92 Å². The maximum atomic E-state index is 6.20. The molecule has 0 aromatic rings. The quantitative estimate of drug-likeness (QED) is 0.823. The summed E-state index contributed by atoms with van der Waals surface area (Å²) in [6.45, 7) is 8.88. The van der Waals surface area contributed by atoms with E-state index < -0.39 is 0 Å². The molecule has 0 aromatic heterocycles. The predicted molar refractivity (Wildman–Crippen MR) is 71.1 cm³/mol. The molecule has 0 aromatic carbocycles. The van der Waals surface area contributed by atoms with Gasteiger partial charge in [-0.1, -0.05) is 20.8 Å². The lowest BCUT2D eigenvalue weighted by molar-refractivity contribution is -0.0950. The summed E-state index contributed by atoms with van der Waals surface area (Å²) in [5.74, 6) is 2.06. The van der Waals surface area contributed by atoms with Crippen LogP contribution in [0.15, 0.2) is 0 Å². The molecular weight excluding hydrogens is 218 g/mol. The minimum Gasteiger partial charge on any atom is -0.371 e. The first-order chi connectivity index (χ1) is 7.65. The standard InChI is InChI=1S/C13H25NOS/c1-10(2)4-5-12-13(15-8-7-14-12)6-9-16-11(13)3/h10-12,14H,4-9H2,1-3H3. The first-order valence-electron chi connectivity index (χ1n) is 6.64. The van der Waals surface area contributed by atoms with E-state index in [1.165, 1.54) is 25.0 Å². The molecule has 16 heavy (non-hydrogen) atoms. The first kappa shape index (κ1) is 12.7. The van der Waals surface area contributed by atoms with Crippen molar-refractivity contribution in [1.29, 1.82) is 0 Å². The van der Waals surface area contributed by atoms with E-state index in [0.29, 0.717) is 11.3 Å². The SMILES string of the molecule is CC(C)CCC1NCCOC12CCSC2C. The molecule has 0 radical (unpaired) electrons. The van der Waals surface area contributed by atoms with Crippen LogP contribution in [0.2, 0.25) is 0 Å². The number of hydrogen-bond donors (Lipinski definition) is 1. The Balaban J connectivity index is 2.01. The van der Waals surface area contributed by atoms with Crippen LogP contribution in [0.4, 0.5) is 0 Å². The van der Waals surface area contributed by atoms with Gasteiger partial charge in [-0.2, -0.15) is 11.8 Å². The summed E-state index contributed by atoms with van der Waals surface area (Å²) in [7, 11) is 0. The molecule has 2 nitrogen and oxygen atoms in total. The summed E-state index contributed by atoms with van der Waals surface area (Å²) in [5, 5.41) is 4.35. The van der Waals surface area contributed by atoms with Crippen LogP contribution < -0.4 is 5.32 Å². The normalized spacial score (nSPS) is 39.8. The van der Waals surface area contributed by atoms with Gasteiger partial charge in [0, 0.05) is 17.8 Å². The number of ether oxygens (including phenoxy) is 1. The zero-order valence-corrected chi connectivity index (χ0v) is 11.6. The molecule has 3 heteroatoms. The number of hydrogen-bond acceptors (Lipinski definition) is 3. The van der Waals surface area contributed by atoms with Gasteiger partial charge >= 0.3 is 0 Å². The molecule has 0 amide bonds. The average Bonchev–Trinajstić information content (AvgIpc) is 2.60. The van der Waals surface area contributed by atoms with Gasteiger partial charge in [-0.3, -0.25) is 0 Å². The highest BCUT2D eigenvalue weighted by Crippen LogP contribution is 2.43. The molecule has 2 fully saturated rings. The van der Waals surface area contributed by atoms with E-state index in [1.807, 2.05) is 0 Å². The van der Waals surface area contributed by atoms with Crippen molar-refractivity contribution < 1.29 is 4.74 Å². The van der Waals surface area contributed by atoms with Crippen molar-refractivity contribution in [2.24, 2.45) is 5.92 Å². The fourth-order valence-electron chi connectivity index (χ4n) is 2.98. The molecule has 2 saturated heterocycles. The van der Waals surface area contributed by atoms with Gasteiger partial charge in [0.25, 0.3) is 0 Å².